The Hall–Kier alpha value is -3.20. The van der Waals surface area contributed by atoms with Crippen molar-refractivity contribution in [3.8, 4) is 0 Å². The van der Waals surface area contributed by atoms with Crippen molar-refractivity contribution in [1.29, 1.82) is 0 Å². The highest BCUT2D eigenvalue weighted by atomic mass is 32.2. The van der Waals surface area contributed by atoms with Gasteiger partial charge in [-0.25, -0.2) is 14.6 Å². The number of nitrogens with zero attached hydrogens (tertiary/aromatic N) is 5. The number of amides is 3. The number of ether oxygens (including phenoxy) is 1. The van der Waals surface area contributed by atoms with Crippen molar-refractivity contribution < 1.29 is 27.6 Å². The molecule has 1 aromatic carbocycles. The summed E-state index contributed by atoms with van der Waals surface area (Å²) in [7, 11) is -0.945. The van der Waals surface area contributed by atoms with Gasteiger partial charge in [-0.05, 0) is 26.3 Å². The maximum atomic E-state index is 13.3. The summed E-state index contributed by atoms with van der Waals surface area (Å²) in [6.07, 6.45) is 0.720. The molecule has 1 aromatic heterocycles. The van der Waals surface area contributed by atoms with Crippen LogP contribution in [0.1, 0.15) is 49.7 Å². The van der Waals surface area contributed by atoms with Crippen LogP contribution in [0.5, 0.6) is 0 Å². The van der Waals surface area contributed by atoms with E-state index in [-0.39, 0.29) is 19.7 Å². The van der Waals surface area contributed by atoms with E-state index in [1.165, 1.54) is 21.2 Å². The van der Waals surface area contributed by atoms with Crippen LogP contribution in [-0.2, 0) is 26.4 Å². The fourth-order valence-electron chi connectivity index (χ4n) is 4.09. The van der Waals surface area contributed by atoms with Gasteiger partial charge in [0.15, 0.2) is 0 Å². The maximum Gasteiger partial charge on any atom is 0.407 e. The third kappa shape index (κ3) is 5.46. The number of hydrogen-bond donors (Lipinski definition) is 2. The number of rotatable bonds is 8. The number of carbonyl (C=O) groups is 2. The summed E-state index contributed by atoms with van der Waals surface area (Å²) in [5.41, 5.74) is 1.04. The highest BCUT2D eigenvalue weighted by molar-refractivity contribution is 7.87. The normalized spacial score (nSPS) is 19.6. The largest absolute Gasteiger partial charge is 0.444 e. The zero-order valence-electron chi connectivity index (χ0n) is 20.8. The van der Waals surface area contributed by atoms with Gasteiger partial charge < -0.3 is 15.0 Å². The SMILES string of the molecule is CN(C)NS(=O)(=O)n1cc2c(n1)[C@@H](CNC(=O)OC(C)(C)C)N1C[C@H]2N(OCc2ccccc2)C1=O. The topological polar surface area (TPSA) is 138 Å². The van der Waals surface area contributed by atoms with Gasteiger partial charge in [0.2, 0.25) is 0 Å². The van der Waals surface area contributed by atoms with Crippen LogP contribution in [0.15, 0.2) is 36.5 Å². The predicted molar refractivity (Wildman–Crippen MR) is 128 cm³/mol. The molecule has 1 fully saturated rings. The number of alkyl carbamates (subject to hydrolysis) is 1. The molecular weight excluding hydrogens is 490 g/mol. The van der Waals surface area contributed by atoms with E-state index < -0.39 is 40.0 Å². The Bertz CT molecular complexity index is 1230. The van der Waals surface area contributed by atoms with Crippen molar-refractivity contribution in [2.24, 2.45) is 0 Å². The van der Waals surface area contributed by atoms with Crippen molar-refractivity contribution in [3.05, 3.63) is 53.3 Å². The van der Waals surface area contributed by atoms with Crippen LogP contribution in [0, 0.1) is 0 Å². The van der Waals surface area contributed by atoms with E-state index in [0.29, 0.717) is 11.3 Å². The van der Waals surface area contributed by atoms with E-state index in [1.807, 2.05) is 30.3 Å². The molecule has 36 heavy (non-hydrogen) atoms. The molecule has 2 aliphatic heterocycles. The molecule has 0 radical (unpaired) electrons. The number of carbonyl (C=O) groups excluding carboxylic acids is 2. The molecule has 0 unspecified atom stereocenters. The molecule has 196 valence electrons. The molecular formula is C22H31N7O6S. The molecule has 0 aliphatic carbocycles. The van der Waals surface area contributed by atoms with Crippen LogP contribution in [0.3, 0.4) is 0 Å². The summed E-state index contributed by atoms with van der Waals surface area (Å²) >= 11 is 0. The summed E-state index contributed by atoms with van der Waals surface area (Å²) < 4.78 is 31.7. The van der Waals surface area contributed by atoms with Crippen LogP contribution >= 0.6 is 0 Å². The number of fused-ring (bicyclic) bond motifs is 4. The lowest BCUT2D eigenvalue weighted by atomic mass is 9.98. The summed E-state index contributed by atoms with van der Waals surface area (Å²) in [4.78, 5) is 35.3. The monoisotopic (exact) mass is 521 g/mol. The van der Waals surface area contributed by atoms with Crippen molar-refractivity contribution in [3.63, 3.8) is 0 Å². The van der Waals surface area contributed by atoms with Gasteiger partial charge in [-0.2, -0.15) is 22.7 Å². The highest BCUT2D eigenvalue weighted by Crippen LogP contribution is 2.43. The van der Waals surface area contributed by atoms with Gasteiger partial charge in [-0.15, -0.1) is 4.83 Å². The van der Waals surface area contributed by atoms with Crippen molar-refractivity contribution in [2.45, 2.75) is 45.1 Å². The smallest absolute Gasteiger partial charge is 0.407 e. The minimum atomic E-state index is -4.03. The Morgan fingerprint density at radius 1 is 1.22 bits per heavy atom. The van der Waals surface area contributed by atoms with Gasteiger partial charge in [0.05, 0.1) is 18.3 Å². The average Bonchev–Trinajstić information content (AvgIpc) is 3.33. The summed E-state index contributed by atoms with van der Waals surface area (Å²) in [6, 6.07) is 7.69. The Kier molecular flexibility index (Phi) is 6.96. The molecule has 13 nitrogen and oxygen atoms in total. The van der Waals surface area contributed by atoms with Crippen molar-refractivity contribution in [2.75, 3.05) is 27.2 Å². The number of aromatic nitrogens is 2. The van der Waals surface area contributed by atoms with Gasteiger partial charge in [0.1, 0.15) is 18.2 Å². The number of benzene rings is 1. The standard InChI is InChI=1S/C22H31N7O6S/c1-22(2,3)35-20(30)23-11-17-19-16(12-28(24-19)36(32,33)25-26(4)5)18-13-27(17)21(31)29(18)34-14-15-9-7-6-8-10-15/h6-10,12,17-18,25H,11,13-14H2,1-5H3,(H,23,30)/t17-,18-/m1/s1. The van der Waals surface area contributed by atoms with E-state index in [9.17, 15) is 18.0 Å². The molecule has 2 aromatic rings. The lowest BCUT2D eigenvalue weighted by Crippen LogP contribution is -2.43. The molecule has 2 N–H and O–H groups in total. The third-order valence-corrected chi connectivity index (χ3v) is 6.76. The van der Waals surface area contributed by atoms with E-state index >= 15 is 0 Å². The van der Waals surface area contributed by atoms with Gasteiger partial charge in [-0.1, -0.05) is 30.3 Å². The molecule has 1 saturated heterocycles. The first-order valence-electron chi connectivity index (χ1n) is 11.4. The van der Waals surface area contributed by atoms with Crippen molar-refractivity contribution in [1.82, 2.24) is 34.3 Å². The second kappa shape index (κ2) is 9.69. The molecule has 3 heterocycles. The number of hydrogen-bond acceptors (Lipinski definition) is 8. The maximum absolute atomic E-state index is 13.3. The zero-order valence-corrected chi connectivity index (χ0v) is 21.7. The first kappa shape index (κ1) is 25.9. The van der Waals surface area contributed by atoms with E-state index in [1.54, 1.807) is 34.9 Å². The summed E-state index contributed by atoms with van der Waals surface area (Å²) in [5, 5.41) is 9.51. The van der Waals surface area contributed by atoms with Gasteiger partial charge in [0.25, 0.3) is 0 Å². The first-order valence-corrected chi connectivity index (χ1v) is 12.8. The zero-order chi connectivity index (χ0) is 26.3. The quantitative estimate of drug-likeness (QED) is 0.499. The Morgan fingerprint density at radius 3 is 2.56 bits per heavy atom. The average molecular weight is 522 g/mol. The minimum Gasteiger partial charge on any atom is -0.444 e. The molecule has 3 amide bonds. The van der Waals surface area contributed by atoms with Gasteiger partial charge in [0, 0.05) is 32.4 Å². The van der Waals surface area contributed by atoms with Crippen LogP contribution in [0.2, 0.25) is 0 Å². The number of urea groups is 1. The second-order valence-corrected chi connectivity index (χ2v) is 11.3. The molecule has 2 bridgehead atoms. The van der Waals surface area contributed by atoms with Crippen LogP contribution in [-0.4, -0.2) is 77.5 Å². The van der Waals surface area contributed by atoms with Crippen LogP contribution in [0.4, 0.5) is 9.59 Å². The van der Waals surface area contributed by atoms with Crippen LogP contribution < -0.4 is 10.1 Å². The number of hydrazine groups is 1. The predicted octanol–water partition coefficient (Wildman–Crippen LogP) is 1.53. The van der Waals surface area contributed by atoms with E-state index in [4.69, 9.17) is 9.57 Å². The second-order valence-electron chi connectivity index (χ2n) is 9.77. The summed E-state index contributed by atoms with van der Waals surface area (Å²) in [5.74, 6) is 0. The van der Waals surface area contributed by atoms with Crippen molar-refractivity contribution >= 4 is 22.3 Å². The summed E-state index contributed by atoms with van der Waals surface area (Å²) in [6.45, 7) is 5.60. The molecule has 2 atom stereocenters. The van der Waals surface area contributed by atoms with E-state index in [2.05, 4.69) is 15.2 Å². The Labute approximate surface area is 210 Å². The molecule has 0 spiro atoms. The van der Waals surface area contributed by atoms with E-state index in [0.717, 1.165) is 9.65 Å². The van der Waals surface area contributed by atoms with Gasteiger partial charge in [-0.3, -0.25) is 4.84 Å². The highest BCUT2D eigenvalue weighted by Gasteiger charge is 2.51. The van der Waals surface area contributed by atoms with Gasteiger partial charge >= 0.3 is 22.3 Å². The molecule has 0 saturated carbocycles. The number of hydroxylamine groups is 2. The Morgan fingerprint density at radius 2 is 1.92 bits per heavy atom. The lowest BCUT2D eigenvalue weighted by Gasteiger charge is -2.30. The Balaban J connectivity index is 1.63. The lowest BCUT2D eigenvalue weighted by molar-refractivity contribution is -0.141. The minimum absolute atomic E-state index is 0.0227. The molecule has 14 heteroatoms. The fraction of sp³-hybridized carbons (Fsp3) is 0.500. The number of nitrogens with one attached hydrogen (secondary N) is 2. The first-order chi connectivity index (χ1) is 16.9. The molecule has 2 aliphatic rings. The van der Waals surface area contributed by atoms with Crippen LogP contribution in [0.25, 0.3) is 0 Å². The third-order valence-electron chi connectivity index (χ3n) is 5.49. The fourth-order valence-corrected chi connectivity index (χ4v) is 5.08. The molecule has 4 rings (SSSR count).